The summed E-state index contributed by atoms with van der Waals surface area (Å²) in [4.78, 5) is 16.6. The van der Waals surface area contributed by atoms with E-state index >= 15 is 0 Å². The number of aromatic nitrogens is 1. The van der Waals surface area contributed by atoms with Gasteiger partial charge < -0.3 is 10.6 Å². The summed E-state index contributed by atoms with van der Waals surface area (Å²) >= 11 is 1.51. The van der Waals surface area contributed by atoms with Gasteiger partial charge in [0.1, 0.15) is 0 Å². The van der Waals surface area contributed by atoms with E-state index in [9.17, 15) is 4.79 Å². The molecule has 1 aromatic rings. The van der Waals surface area contributed by atoms with Gasteiger partial charge in [0.2, 0.25) is 5.91 Å². The fraction of sp³-hybridized carbons (Fsp3) is 0.692. The Morgan fingerprint density at radius 1 is 1.61 bits per heavy atom. The van der Waals surface area contributed by atoms with Crippen molar-refractivity contribution in [1.29, 1.82) is 0 Å². The van der Waals surface area contributed by atoms with Crippen LogP contribution in [0.3, 0.4) is 0 Å². The van der Waals surface area contributed by atoms with Gasteiger partial charge in [-0.3, -0.25) is 4.79 Å². The molecule has 0 spiro atoms. The number of piperidine rings is 1. The fourth-order valence-corrected chi connectivity index (χ4v) is 3.06. The lowest BCUT2D eigenvalue weighted by atomic mass is 9.92. The molecule has 0 aromatic carbocycles. The van der Waals surface area contributed by atoms with Crippen LogP contribution in [-0.2, 0) is 4.79 Å². The molecule has 0 radical (unpaired) electrons. The van der Waals surface area contributed by atoms with Crippen LogP contribution in [0, 0.1) is 5.92 Å². The first-order valence-corrected chi connectivity index (χ1v) is 7.44. The topological polar surface area (TPSA) is 54.0 Å². The lowest BCUT2D eigenvalue weighted by Crippen LogP contribution is -2.40. The van der Waals surface area contributed by atoms with Crippen molar-refractivity contribution in [2.75, 3.05) is 11.9 Å². The summed E-state index contributed by atoms with van der Waals surface area (Å²) in [7, 11) is 0. The van der Waals surface area contributed by atoms with Crippen LogP contribution in [0.15, 0.2) is 5.38 Å². The minimum absolute atomic E-state index is 0.118. The van der Waals surface area contributed by atoms with Crippen LogP contribution in [0.1, 0.15) is 45.2 Å². The zero-order chi connectivity index (χ0) is 13.1. The van der Waals surface area contributed by atoms with E-state index in [-0.39, 0.29) is 11.8 Å². The van der Waals surface area contributed by atoms with Crippen LogP contribution in [0.25, 0.3) is 0 Å². The maximum absolute atomic E-state index is 12.1. The van der Waals surface area contributed by atoms with Gasteiger partial charge >= 0.3 is 0 Å². The van der Waals surface area contributed by atoms with Gasteiger partial charge in [0.05, 0.1) is 5.69 Å². The second-order valence-corrected chi connectivity index (χ2v) is 6.16. The van der Waals surface area contributed by atoms with E-state index in [0.717, 1.165) is 30.2 Å². The summed E-state index contributed by atoms with van der Waals surface area (Å²) < 4.78 is 0. The summed E-state index contributed by atoms with van der Waals surface area (Å²) in [6.07, 6.45) is 1.83. The van der Waals surface area contributed by atoms with Gasteiger partial charge in [0.25, 0.3) is 0 Å². The number of carbonyl (C=O) groups excluding carboxylic acids is 1. The van der Waals surface area contributed by atoms with Crippen LogP contribution < -0.4 is 10.6 Å². The van der Waals surface area contributed by atoms with E-state index in [4.69, 9.17) is 0 Å². The lowest BCUT2D eigenvalue weighted by molar-refractivity contribution is -0.120. The highest BCUT2D eigenvalue weighted by Crippen LogP contribution is 2.23. The Labute approximate surface area is 112 Å². The molecule has 1 fully saturated rings. The number of anilines is 1. The van der Waals surface area contributed by atoms with Gasteiger partial charge in [-0.25, -0.2) is 4.98 Å². The molecule has 100 valence electrons. The molecule has 0 bridgehead atoms. The molecule has 5 heteroatoms. The highest BCUT2D eigenvalue weighted by Gasteiger charge is 2.25. The molecule has 1 amide bonds. The maximum atomic E-state index is 12.1. The van der Waals surface area contributed by atoms with Crippen molar-refractivity contribution in [3.8, 4) is 0 Å². The van der Waals surface area contributed by atoms with E-state index in [1.165, 1.54) is 11.3 Å². The highest BCUT2D eigenvalue weighted by molar-refractivity contribution is 7.13. The maximum Gasteiger partial charge on any atom is 0.229 e. The Balaban J connectivity index is 1.93. The van der Waals surface area contributed by atoms with Crippen LogP contribution in [0.4, 0.5) is 5.13 Å². The second kappa shape index (κ2) is 5.80. The van der Waals surface area contributed by atoms with Crippen molar-refractivity contribution >= 4 is 22.4 Å². The van der Waals surface area contributed by atoms with E-state index in [0.29, 0.717) is 12.0 Å². The quantitative estimate of drug-likeness (QED) is 0.885. The molecular weight excluding hydrogens is 246 g/mol. The number of nitrogens with zero attached hydrogens (tertiary/aromatic N) is 1. The highest BCUT2D eigenvalue weighted by atomic mass is 32.1. The largest absolute Gasteiger partial charge is 0.314 e. The first-order chi connectivity index (χ1) is 8.56. The molecular formula is C13H21N3OS. The molecule has 2 heterocycles. The Hall–Kier alpha value is -0.940. The molecule has 1 saturated heterocycles. The molecule has 2 N–H and O–H groups in total. The summed E-state index contributed by atoms with van der Waals surface area (Å²) in [6, 6.07) is 0.428. The molecule has 1 aliphatic heterocycles. The summed E-state index contributed by atoms with van der Waals surface area (Å²) in [5.74, 6) is 0.645. The van der Waals surface area contributed by atoms with Crippen LogP contribution >= 0.6 is 11.3 Å². The normalized spacial score (nSPS) is 24.2. The number of hydrogen-bond donors (Lipinski definition) is 2. The van der Waals surface area contributed by atoms with Crippen molar-refractivity contribution in [3.63, 3.8) is 0 Å². The predicted octanol–water partition coefficient (Wildman–Crippen LogP) is 2.59. The molecule has 1 aliphatic rings. The first-order valence-electron chi connectivity index (χ1n) is 6.56. The van der Waals surface area contributed by atoms with Gasteiger partial charge in [-0.2, -0.15) is 0 Å². The predicted molar refractivity (Wildman–Crippen MR) is 75.0 cm³/mol. The second-order valence-electron chi connectivity index (χ2n) is 5.30. The van der Waals surface area contributed by atoms with Crippen molar-refractivity contribution in [3.05, 3.63) is 11.1 Å². The van der Waals surface area contributed by atoms with Gasteiger partial charge in [-0.1, -0.05) is 13.8 Å². The first kappa shape index (κ1) is 13.5. The fourth-order valence-electron chi connectivity index (χ4n) is 2.19. The van der Waals surface area contributed by atoms with Crippen LogP contribution in [0.5, 0.6) is 0 Å². The average Bonchev–Trinajstić information content (AvgIpc) is 2.77. The summed E-state index contributed by atoms with van der Waals surface area (Å²) in [5, 5.41) is 9.06. The average molecular weight is 267 g/mol. The smallest absolute Gasteiger partial charge is 0.229 e. The van der Waals surface area contributed by atoms with E-state index in [2.05, 4.69) is 36.4 Å². The Morgan fingerprint density at radius 2 is 2.39 bits per heavy atom. The minimum atomic E-state index is 0.118. The molecule has 18 heavy (non-hydrogen) atoms. The van der Waals surface area contributed by atoms with Crippen molar-refractivity contribution in [1.82, 2.24) is 10.3 Å². The van der Waals surface area contributed by atoms with Crippen molar-refractivity contribution in [2.24, 2.45) is 5.92 Å². The molecule has 0 unspecified atom stereocenters. The minimum Gasteiger partial charge on any atom is -0.314 e. The molecule has 2 atom stereocenters. The third-order valence-electron chi connectivity index (χ3n) is 3.34. The number of thiazole rings is 1. The Bertz CT molecular complexity index is 416. The Morgan fingerprint density at radius 3 is 3.00 bits per heavy atom. The van der Waals surface area contributed by atoms with E-state index in [1.54, 1.807) is 0 Å². The number of rotatable bonds is 3. The molecule has 2 rings (SSSR count). The molecule has 1 aromatic heterocycles. The van der Waals surface area contributed by atoms with Crippen molar-refractivity contribution < 1.29 is 4.79 Å². The monoisotopic (exact) mass is 267 g/mol. The Kier molecular flexibility index (Phi) is 4.35. The zero-order valence-corrected chi connectivity index (χ0v) is 12.0. The number of carbonyl (C=O) groups is 1. The SMILES string of the molecule is CC(C)c1csc(NC(=O)[C@H]2CCN[C@@H](C)C2)n1. The summed E-state index contributed by atoms with van der Waals surface area (Å²) in [5.41, 5.74) is 1.05. The molecule has 4 nitrogen and oxygen atoms in total. The third-order valence-corrected chi connectivity index (χ3v) is 4.11. The number of hydrogen-bond acceptors (Lipinski definition) is 4. The zero-order valence-electron chi connectivity index (χ0n) is 11.2. The van der Waals surface area contributed by atoms with Crippen molar-refractivity contribution in [2.45, 2.75) is 45.6 Å². The standard InChI is InChI=1S/C13H21N3OS/c1-8(2)11-7-18-13(15-11)16-12(17)10-4-5-14-9(3)6-10/h7-10,14H,4-6H2,1-3H3,(H,15,16,17)/t9-,10-/m0/s1. The number of amides is 1. The van der Waals surface area contributed by atoms with Crippen LogP contribution in [-0.4, -0.2) is 23.5 Å². The van der Waals surface area contributed by atoms with E-state index < -0.39 is 0 Å². The lowest BCUT2D eigenvalue weighted by Gasteiger charge is -2.26. The van der Waals surface area contributed by atoms with Gasteiger partial charge in [0.15, 0.2) is 5.13 Å². The van der Waals surface area contributed by atoms with Gasteiger partial charge in [0, 0.05) is 17.3 Å². The van der Waals surface area contributed by atoms with Gasteiger partial charge in [-0.15, -0.1) is 11.3 Å². The van der Waals surface area contributed by atoms with Gasteiger partial charge in [-0.05, 0) is 32.2 Å². The third kappa shape index (κ3) is 3.29. The van der Waals surface area contributed by atoms with E-state index in [1.807, 2.05) is 5.38 Å². The molecule has 0 saturated carbocycles. The molecule has 0 aliphatic carbocycles. The summed E-state index contributed by atoms with van der Waals surface area (Å²) in [6.45, 7) is 7.26. The van der Waals surface area contributed by atoms with Crippen LogP contribution in [0.2, 0.25) is 0 Å². The number of nitrogens with one attached hydrogen (secondary N) is 2.